The highest BCUT2D eigenvalue weighted by molar-refractivity contribution is 14.0. The zero-order valence-corrected chi connectivity index (χ0v) is 21.3. The number of aromatic nitrogens is 1. The van der Waals surface area contributed by atoms with E-state index in [0.717, 1.165) is 44.1 Å². The molecule has 0 bridgehead atoms. The fourth-order valence-corrected chi connectivity index (χ4v) is 3.58. The number of pyridine rings is 1. The van der Waals surface area contributed by atoms with Gasteiger partial charge in [-0.1, -0.05) is 26.8 Å². The molecule has 30 heavy (non-hydrogen) atoms. The maximum absolute atomic E-state index is 12.1. The molecule has 0 aliphatic carbocycles. The number of ether oxygens (including phenoxy) is 1. The molecule has 1 saturated heterocycles. The highest BCUT2D eigenvalue weighted by Gasteiger charge is 2.35. The zero-order valence-electron chi connectivity index (χ0n) is 19.0. The molecular weight excluding hydrogens is 493 g/mol. The van der Waals surface area contributed by atoms with Gasteiger partial charge in [-0.25, -0.2) is 4.98 Å². The Kier molecular flexibility index (Phi) is 11.6. The topological polar surface area (TPSA) is 87.6 Å². The molecule has 0 saturated carbocycles. The van der Waals surface area contributed by atoms with Crippen LogP contribution in [0, 0.1) is 18.3 Å². The summed E-state index contributed by atoms with van der Waals surface area (Å²) in [6.45, 7) is 13.5. The molecule has 1 aliphatic rings. The third-order valence-corrected chi connectivity index (χ3v) is 4.95. The summed E-state index contributed by atoms with van der Waals surface area (Å²) in [6, 6.07) is 3.74. The smallest absolute Gasteiger partial charge is 0.227 e. The highest BCUT2D eigenvalue weighted by Crippen LogP contribution is 2.34. The molecule has 2 rings (SSSR count). The number of carbonyl (C=O) groups is 1. The van der Waals surface area contributed by atoms with Crippen LogP contribution in [0.3, 0.4) is 0 Å². The molecule has 8 heteroatoms. The zero-order chi connectivity index (χ0) is 21.3. The summed E-state index contributed by atoms with van der Waals surface area (Å²) in [4.78, 5) is 21.1. The molecule has 2 unspecified atom stereocenters. The quantitative estimate of drug-likeness (QED) is 0.284. The van der Waals surface area contributed by atoms with Crippen molar-refractivity contribution in [3.05, 3.63) is 23.9 Å². The number of anilines is 1. The van der Waals surface area contributed by atoms with Gasteiger partial charge < -0.3 is 20.7 Å². The summed E-state index contributed by atoms with van der Waals surface area (Å²) in [5.74, 6) is 1.66. The molecule has 0 radical (unpaired) electrons. The first-order valence-electron chi connectivity index (χ1n) is 10.7. The number of aryl methyl sites for hydroxylation is 1. The van der Waals surface area contributed by atoms with Crippen molar-refractivity contribution in [2.24, 2.45) is 16.3 Å². The van der Waals surface area contributed by atoms with E-state index in [1.165, 1.54) is 0 Å². The molecule has 1 aromatic heterocycles. The van der Waals surface area contributed by atoms with Gasteiger partial charge >= 0.3 is 0 Å². The van der Waals surface area contributed by atoms with Gasteiger partial charge in [-0.05, 0) is 43.7 Å². The largest absolute Gasteiger partial charge is 0.377 e. The lowest BCUT2D eigenvalue weighted by atomic mass is 9.78. The van der Waals surface area contributed by atoms with Gasteiger partial charge in [0, 0.05) is 44.8 Å². The Morgan fingerprint density at radius 1 is 1.30 bits per heavy atom. The van der Waals surface area contributed by atoms with Crippen LogP contribution in [0.15, 0.2) is 23.3 Å². The van der Waals surface area contributed by atoms with Gasteiger partial charge in [-0.3, -0.25) is 9.79 Å². The van der Waals surface area contributed by atoms with E-state index < -0.39 is 0 Å². The summed E-state index contributed by atoms with van der Waals surface area (Å²) >= 11 is 0. The molecule has 0 spiro atoms. The molecule has 1 amide bonds. The monoisotopic (exact) mass is 531 g/mol. The summed E-state index contributed by atoms with van der Waals surface area (Å²) in [6.07, 6.45) is 4.53. The van der Waals surface area contributed by atoms with E-state index in [-0.39, 0.29) is 41.4 Å². The van der Waals surface area contributed by atoms with Crippen LogP contribution >= 0.6 is 24.0 Å². The van der Waals surface area contributed by atoms with Gasteiger partial charge in [-0.2, -0.15) is 0 Å². The number of nitrogens with one attached hydrogen (secondary N) is 3. The third kappa shape index (κ3) is 9.16. The van der Waals surface area contributed by atoms with Crippen molar-refractivity contribution >= 4 is 41.7 Å². The molecular formula is C22H38IN5O2. The Hall–Kier alpha value is -1.42. The Balaban J connectivity index is 0.00000450. The van der Waals surface area contributed by atoms with E-state index in [4.69, 9.17) is 9.73 Å². The highest BCUT2D eigenvalue weighted by atomic mass is 127. The van der Waals surface area contributed by atoms with Crippen molar-refractivity contribution in [3.8, 4) is 0 Å². The predicted octanol–water partition coefficient (Wildman–Crippen LogP) is 3.73. The minimum Gasteiger partial charge on any atom is -0.377 e. The van der Waals surface area contributed by atoms with Crippen LogP contribution in [0.5, 0.6) is 0 Å². The second-order valence-electron chi connectivity index (χ2n) is 8.73. The van der Waals surface area contributed by atoms with Crippen molar-refractivity contribution in [1.29, 1.82) is 0 Å². The van der Waals surface area contributed by atoms with E-state index in [9.17, 15) is 4.79 Å². The minimum atomic E-state index is -0.0711. The van der Waals surface area contributed by atoms with Gasteiger partial charge in [-0.15, -0.1) is 24.0 Å². The maximum atomic E-state index is 12.1. The van der Waals surface area contributed by atoms with Crippen molar-refractivity contribution in [3.63, 3.8) is 0 Å². The number of amides is 1. The third-order valence-electron chi connectivity index (χ3n) is 4.95. The van der Waals surface area contributed by atoms with E-state index in [0.29, 0.717) is 24.7 Å². The minimum absolute atomic E-state index is 0. The van der Waals surface area contributed by atoms with Crippen LogP contribution in [0.25, 0.3) is 0 Å². The number of halogens is 1. The first-order valence-corrected chi connectivity index (χ1v) is 10.7. The normalized spacial score (nSPS) is 19.6. The lowest BCUT2D eigenvalue weighted by Crippen LogP contribution is -2.43. The fraction of sp³-hybridized carbons (Fsp3) is 0.682. The summed E-state index contributed by atoms with van der Waals surface area (Å²) in [7, 11) is 0. The van der Waals surface area contributed by atoms with Gasteiger partial charge in [0.05, 0.1) is 6.10 Å². The molecule has 2 heterocycles. The predicted molar refractivity (Wildman–Crippen MR) is 134 cm³/mol. The van der Waals surface area contributed by atoms with Crippen LogP contribution in [-0.2, 0) is 9.53 Å². The second kappa shape index (κ2) is 13.1. The fourth-order valence-electron chi connectivity index (χ4n) is 3.58. The standard InChI is InChI=1S/C22H37N5O2.HI/c1-6-23-21(26-15-17-8-7-13-29-20(17)22(3,4)5)24-12-11-19(28)27-18-10-9-16(2)14-25-18;/h9-10,14,17,20H,6-8,11-13,15H2,1-5H3,(H2,23,24,26)(H,25,27,28);1H. The Morgan fingerprint density at radius 3 is 2.70 bits per heavy atom. The Bertz CT molecular complexity index is 673. The van der Waals surface area contributed by atoms with E-state index in [1.54, 1.807) is 6.20 Å². The molecule has 1 aliphatic heterocycles. The van der Waals surface area contributed by atoms with Crippen molar-refractivity contribution in [2.45, 2.75) is 60.0 Å². The maximum Gasteiger partial charge on any atom is 0.227 e. The average Bonchev–Trinajstić information content (AvgIpc) is 2.67. The molecule has 2 atom stereocenters. The van der Waals surface area contributed by atoms with Crippen LogP contribution in [0.4, 0.5) is 5.82 Å². The lowest BCUT2D eigenvalue weighted by molar-refractivity contribution is -0.116. The molecule has 7 nitrogen and oxygen atoms in total. The molecule has 0 aromatic carbocycles. The summed E-state index contributed by atoms with van der Waals surface area (Å²) < 4.78 is 6.05. The van der Waals surface area contributed by atoms with E-state index >= 15 is 0 Å². The first-order chi connectivity index (χ1) is 13.8. The van der Waals surface area contributed by atoms with Gasteiger partial charge in [0.25, 0.3) is 0 Å². The number of hydrogen-bond acceptors (Lipinski definition) is 4. The van der Waals surface area contributed by atoms with Crippen LogP contribution in [-0.4, -0.2) is 49.2 Å². The Labute approximate surface area is 198 Å². The number of nitrogens with zero attached hydrogens (tertiary/aromatic N) is 2. The number of guanidine groups is 1. The number of rotatable bonds is 7. The van der Waals surface area contributed by atoms with Gasteiger partial charge in [0.1, 0.15) is 5.82 Å². The average molecular weight is 531 g/mol. The number of carbonyl (C=O) groups excluding carboxylic acids is 1. The van der Waals surface area contributed by atoms with Gasteiger partial charge in [0.2, 0.25) is 5.91 Å². The number of aliphatic imine (C=N–C) groups is 1. The van der Waals surface area contributed by atoms with E-state index in [1.807, 2.05) is 26.0 Å². The summed E-state index contributed by atoms with van der Waals surface area (Å²) in [5.41, 5.74) is 1.17. The van der Waals surface area contributed by atoms with Crippen molar-refractivity contribution in [1.82, 2.24) is 15.6 Å². The van der Waals surface area contributed by atoms with Crippen LogP contribution in [0.2, 0.25) is 0 Å². The second-order valence-corrected chi connectivity index (χ2v) is 8.73. The van der Waals surface area contributed by atoms with Gasteiger partial charge in [0.15, 0.2) is 5.96 Å². The van der Waals surface area contributed by atoms with Crippen molar-refractivity contribution < 1.29 is 9.53 Å². The molecule has 1 fully saturated rings. The van der Waals surface area contributed by atoms with Crippen LogP contribution in [0.1, 0.15) is 52.5 Å². The molecule has 1 aromatic rings. The lowest BCUT2D eigenvalue weighted by Gasteiger charge is -2.39. The van der Waals surface area contributed by atoms with E-state index in [2.05, 4.69) is 41.7 Å². The summed E-state index contributed by atoms with van der Waals surface area (Å²) in [5, 5.41) is 9.33. The number of hydrogen-bond donors (Lipinski definition) is 3. The van der Waals surface area contributed by atoms with Crippen molar-refractivity contribution in [2.75, 3.05) is 31.6 Å². The molecule has 3 N–H and O–H groups in total. The van der Waals surface area contributed by atoms with Crippen LogP contribution < -0.4 is 16.0 Å². The molecule has 170 valence electrons. The Morgan fingerprint density at radius 2 is 2.07 bits per heavy atom. The SMILES string of the molecule is CCNC(=NCC1CCCOC1C(C)(C)C)NCCC(=O)Nc1ccc(C)cn1.I. The first kappa shape index (κ1) is 26.6.